The normalized spacial score (nSPS) is 33.6. The molecule has 0 radical (unpaired) electrons. The van der Waals surface area contributed by atoms with Crippen LogP contribution in [0.25, 0.3) is 0 Å². The molecule has 0 aromatic heterocycles. The van der Waals surface area contributed by atoms with Gasteiger partial charge in [0.05, 0.1) is 11.7 Å². The Balaban J connectivity index is 2.38. The number of ether oxygens (including phenoxy) is 1. The smallest absolute Gasteiger partial charge is 0.0703 e. The molecule has 0 spiro atoms. The van der Waals surface area contributed by atoms with E-state index < -0.39 is 5.60 Å². The van der Waals surface area contributed by atoms with E-state index in [4.69, 9.17) is 4.74 Å². The molecular weight excluding hydrogens is 164 g/mol. The van der Waals surface area contributed by atoms with Gasteiger partial charge in [0.1, 0.15) is 0 Å². The monoisotopic (exact) mass is 182 g/mol. The van der Waals surface area contributed by atoms with Crippen LogP contribution >= 0.6 is 0 Å². The van der Waals surface area contributed by atoms with Gasteiger partial charge >= 0.3 is 0 Å². The first kappa shape index (κ1) is 10.6. The lowest BCUT2D eigenvalue weighted by atomic mass is 9.87. The van der Waals surface area contributed by atoms with Crippen LogP contribution < -0.4 is 0 Å². The van der Waals surface area contributed by atoms with Gasteiger partial charge in [-0.15, -0.1) is 11.8 Å². The maximum atomic E-state index is 10.1. The Labute approximate surface area is 80.3 Å². The third-order valence-corrected chi connectivity index (χ3v) is 2.53. The van der Waals surface area contributed by atoms with Crippen LogP contribution in [0.5, 0.6) is 0 Å². The first-order chi connectivity index (χ1) is 6.16. The summed E-state index contributed by atoms with van der Waals surface area (Å²) >= 11 is 0. The summed E-state index contributed by atoms with van der Waals surface area (Å²) in [6, 6.07) is 0. The van der Waals surface area contributed by atoms with Crippen molar-refractivity contribution in [2.24, 2.45) is 0 Å². The SMILES string of the molecule is CC#CCCC1(O)CCOC(C)C1. The summed E-state index contributed by atoms with van der Waals surface area (Å²) in [5.74, 6) is 5.83. The van der Waals surface area contributed by atoms with Crippen LogP contribution in [0.15, 0.2) is 0 Å². The molecule has 0 saturated carbocycles. The average Bonchev–Trinajstić information content (AvgIpc) is 2.04. The second kappa shape index (κ2) is 4.64. The average molecular weight is 182 g/mol. The van der Waals surface area contributed by atoms with Crippen molar-refractivity contribution < 1.29 is 9.84 Å². The molecule has 2 nitrogen and oxygen atoms in total. The Kier molecular flexibility index (Phi) is 3.77. The van der Waals surface area contributed by atoms with Gasteiger partial charge in [-0.2, -0.15) is 0 Å². The molecule has 1 heterocycles. The summed E-state index contributed by atoms with van der Waals surface area (Å²) in [7, 11) is 0. The molecule has 1 aliphatic rings. The molecule has 0 bridgehead atoms. The Bertz CT molecular complexity index is 214. The highest BCUT2D eigenvalue weighted by Crippen LogP contribution is 2.28. The second-order valence-electron chi connectivity index (χ2n) is 3.79. The molecule has 1 aliphatic heterocycles. The standard InChI is InChI=1S/C11H18O2/c1-3-4-5-6-11(12)7-8-13-10(2)9-11/h10,12H,5-9H2,1-2H3. The molecule has 1 fully saturated rings. The summed E-state index contributed by atoms with van der Waals surface area (Å²) in [5, 5.41) is 10.1. The summed E-state index contributed by atoms with van der Waals surface area (Å²) in [6.45, 7) is 4.52. The van der Waals surface area contributed by atoms with Crippen molar-refractivity contribution in [3.8, 4) is 11.8 Å². The fourth-order valence-corrected chi connectivity index (χ4v) is 1.79. The fraction of sp³-hybridized carbons (Fsp3) is 0.818. The summed E-state index contributed by atoms with van der Waals surface area (Å²) in [4.78, 5) is 0. The molecule has 0 aliphatic carbocycles. The molecule has 0 amide bonds. The molecule has 0 aromatic carbocycles. The molecule has 1 saturated heterocycles. The van der Waals surface area contributed by atoms with Gasteiger partial charge in [0.25, 0.3) is 0 Å². The van der Waals surface area contributed by atoms with E-state index in [1.54, 1.807) is 0 Å². The zero-order valence-electron chi connectivity index (χ0n) is 8.47. The van der Waals surface area contributed by atoms with Crippen LogP contribution in [-0.4, -0.2) is 23.4 Å². The van der Waals surface area contributed by atoms with Crippen molar-refractivity contribution in [1.29, 1.82) is 0 Å². The van der Waals surface area contributed by atoms with Gasteiger partial charge in [-0.05, 0) is 26.7 Å². The number of hydrogen-bond acceptors (Lipinski definition) is 2. The van der Waals surface area contributed by atoms with E-state index in [9.17, 15) is 5.11 Å². The van der Waals surface area contributed by atoms with Crippen molar-refractivity contribution in [2.45, 2.75) is 51.2 Å². The maximum Gasteiger partial charge on any atom is 0.0703 e. The van der Waals surface area contributed by atoms with E-state index in [2.05, 4.69) is 11.8 Å². The number of hydrogen-bond donors (Lipinski definition) is 1. The molecule has 1 rings (SSSR count). The van der Waals surface area contributed by atoms with Gasteiger partial charge < -0.3 is 9.84 Å². The topological polar surface area (TPSA) is 29.5 Å². The number of rotatable bonds is 2. The summed E-state index contributed by atoms with van der Waals surface area (Å²) < 4.78 is 5.38. The lowest BCUT2D eigenvalue weighted by molar-refractivity contribution is -0.0996. The van der Waals surface area contributed by atoms with Gasteiger partial charge in [-0.1, -0.05) is 0 Å². The van der Waals surface area contributed by atoms with Crippen molar-refractivity contribution in [3.05, 3.63) is 0 Å². The highest BCUT2D eigenvalue weighted by molar-refractivity contribution is 4.97. The third kappa shape index (κ3) is 3.38. The lowest BCUT2D eigenvalue weighted by Gasteiger charge is -2.35. The molecule has 2 heteroatoms. The molecule has 2 atom stereocenters. The predicted molar refractivity (Wildman–Crippen MR) is 52.3 cm³/mol. The molecule has 0 aromatic rings. The van der Waals surface area contributed by atoms with E-state index in [1.807, 2.05) is 13.8 Å². The lowest BCUT2D eigenvalue weighted by Crippen LogP contribution is -2.39. The van der Waals surface area contributed by atoms with Crippen LogP contribution in [-0.2, 0) is 4.74 Å². The van der Waals surface area contributed by atoms with Gasteiger partial charge in [0.2, 0.25) is 0 Å². The highest BCUT2D eigenvalue weighted by Gasteiger charge is 2.32. The van der Waals surface area contributed by atoms with Gasteiger partial charge in [-0.3, -0.25) is 0 Å². The van der Waals surface area contributed by atoms with Crippen LogP contribution in [0.1, 0.15) is 39.5 Å². The summed E-state index contributed by atoms with van der Waals surface area (Å²) in [6.07, 6.45) is 3.26. The first-order valence-corrected chi connectivity index (χ1v) is 4.90. The molecule has 1 N–H and O–H groups in total. The highest BCUT2D eigenvalue weighted by atomic mass is 16.5. The van der Waals surface area contributed by atoms with Crippen molar-refractivity contribution >= 4 is 0 Å². The number of aliphatic hydroxyl groups is 1. The van der Waals surface area contributed by atoms with E-state index in [0.29, 0.717) is 6.61 Å². The minimum absolute atomic E-state index is 0.188. The Morgan fingerprint density at radius 1 is 1.62 bits per heavy atom. The van der Waals surface area contributed by atoms with Crippen molar-refractivity contribution in [2.75, 3.05) is 6.61 Å². The third-order valence-electron chi connectivity index (χ3n) is 2.53. The van der Waals surface area contributed by atoms with E-state index in [-0.39, 0.29) is 6.10 Å². The van der Waals surface area contributed by atoms with Gasteiger partial charge in [-0.25, -0.2) is 0 Å². The van der Waals surface area contributed by atoms with E-state index in [0.717, 1.165) is 25.7 Å². The zero-order chi connectivity index (χ0) is 9.73. The largest absolute Gasteiger partial charge is 0.390 e. The molecule has 74 valence electrons. The fourth-order valence-electron chi connectivity index (χ4n) is 1.79. The van der Waals surface area contributed by atoms with E-state index >= 15 is 0 Å². The predicted octanol–water partition coefficient (Wildman–Crippen LogP) is 1.72. The van der Waals surface area contributed by atoms with Gasteiger partial charge in [0, 0.05) is 19.4 Å². The van der Waals surface area contributed by atoms with Crippen LogP contribution in [0.4, 0.5) is 0 Å². The molecular formula is C11H18O2. The Morgan fingerprint density at radius 3 is 3.00 bits per heavy atom. The summed E-state index contributed by atoms with van der Waals surface area (Å²) in [5.41, 5.74) is -0.526. The minimum atomic E-state index is -0.526. The van der Waals surface area contributed by atoms with Crippen LogP contribution in [0, 0.1) is 11.8 Å². The minimum Gasteiger partial charge on any atom is -0.390 e. The first-order valence-electron chi connectivity index (χ1n) is 4.90. The van der Waals surface area contributed by atoms with Crippen LogP contribution in [0.3, 0.4) is 0 Å². The molecule has 2 unspecified atom stereocenters. The van der Waals surface area contributed by atoms with Gasteiger partial charge in [0.15, 0.2) is 0 Å². The quantitative estimate of drug-likeness (QED) is 0.659. The van der Waals surface area contributed by atoms with E-state index in [1.165, 1.54) is 0 Å². The second-order valence-corrected chi connectivity index (χ2v) is 3.79. The zero-order valence-corrected chi connectivity index (χ0v) is 8.47. The molecule has 13 heavy (non-hydrogen) atoms. The van der Waals surface area contributed by atoms with Crippen molar-refractivity contribution in [1.82, 2.24) is 0 Å². The Morgan fingerprint density at radius 2 is 2.38 bits per heavy atom. The maximum absolute atomic E-state index is 10.1. The van der Waals surface area contributed by atoms with Crippen LogP contribution in [0.2, 0.25) is 0 Å². The van der Waals surface area contributed by atoms with Crippen molar-refractivity contribution in [3.63, 3.8) is 0 Å². The Hall–Kier alpha value is -0.520.